The molecule has 2 aromatic carbocycles. The number of benzene rings is 2. The highest BCUT2D eigenvalue weighted by Gasteiger charge is 2.43. The second-order valence-corrected chi connectivity index (χ2v) is 8.81. The van der Waals surface area contributed by atoms with Crippen molar-refractivity contribution in [1.29, 1.82) is 0 Å². The summed E-state index contributed by atoms with van der Waals surface area (Å²) < 4.78 is 6.58. The van der Waals surface area contributed by atoms with Crippen LogP contribution in [-0.2, 0) is 10.3 Å². The van der Waals surface area contributed by atoms with Crippen LogP contribution in [-0.4, -0.2) is 7.11 Å². The van der Waals surface area contributed by atoms with E-state index in [-0.39, 0.29) is 0 Å². The van der Waals surface area contributed by atoms with Crippen LogP contribution in [0.1, 0.15) is 88.7 Å². The average molecular weight is 405 g/mol. The van der Waals surface area contributed by atoms with Gasteiger partial charge in [-0.05, 0) is 43.2 Å². The molecule has 0 heterocycles. The number of methoxy groups -OCH3 is 1. The van der Waals surface area contributed by atoms with Gasteiger partial charge in [0, 0.05) is 13.0 Å². The summed E-state index contributed by atoms with van der Waals surface area (Å²) in [5.41, 5.74) is 3.75. The third-order valence-corrected chi connectivity index (χ3v) is 6.84. The predicted octanol–water partition coefficient (Wildman–Crippen LogP) is 8.44. The van der Waals surface area contributed by atoms with Gasteiger partial charge in [-0.25, -0.2) is 0 Å². The molecule has 0 amide bonds. The summed E-state index contributed by atoms with van der Waals surface area (Å²) in [4.78, 5) is 0. The van der Waals surface area contributed by atoms with E-state index < -0.39 is 5.60 Å². The molecule has 30 heavy (non-hydrogen) atoms. The van der Waals surface area contributed by atoms with Crippen molar-refractivity contribution in [1.82, 2.24) is 0 Å². The molecule has 1 unspecified atom stereocenters. The smallest absolute Gasteiger partial charge is 0.124 e. The fourth-order valence-electron chi connectivity index (χ4n) is 5.28. The van der Waals surface area contributed by atoms with Crippen LogP contribution >= 0.6 is 0 Å². The Kier molecular flexibility index (Phi) is 9.21. The lowest BCUT2D eigenvalue weighted by molar-refractivity contribution is -0.0222. The Labute approximate surface area is 184 Å². The van der Waals surface area contributed by atoms with E-state index in [1.807, 2.05) is 7.11 Å². The van der Waals surface area contributed by atoms with Gasteiger partial charge in [0.25, 0.3) is 0 Å². The molecule has 0 saturated carbocycles. The van der Waals surface area contributed by atoms with Gasteiger partial charge in [0.2, 0.25) is 0 Å². The summed E-state index contributed by atoms with van der Waals surface area (Å²) in [6.45, 7) is 2.29. The minimum Gasteiger partial charge on any atom is -0.368 e. The molecule has 1 aliphatic carbocycles. The van der Waals surface area contributed by atoms with Crippen molar-refractivity contribution in [2.45, 2.75) is 83.2 Å². The Morgan fingerprint density at radius 2 is 1.40 bits per heavy atom. The first-order valence-corrected chi connectivity index (χ1v) is 12.2. The van der Waals surface area contributed by atoms with Crippen LogP contribution < -0.4 is 0 Å². The van der Waals surface area contributed by atoms with Gasteiger partial charge in [0.15, 0.2) is 0 Å². The fourth-order valence-corrected chi connectivity index (χ4v) is 5.28. The lowest BCUT2D eigenvalue weighted by Crippen LogP contribution is -2.40. The summed E-state index contributed by atoms with van der Waals surface area (Å²) in [6.07, 6.45) is 16.8. The van der Waals surface area contributed by atoms with E-state index in [4.69, 9.17) is 4.74 Å². The first kappa shape index (κ1) is 22.8. The molecule has 1 aliphatic rings. The van der Waals surface area contributed by atoms with Gasteiger partial charge in [-0.3, -0.25) is 0 Å². The summed E-state index contributed by atoms with van der Waals surface area (Å²) in [6, 6.07) is 21.9. The van der Waals surface area contributed by atoms with Crippen LogP contribution in [0.5, 0.6) is 0 Å². The predicted molar refractivity (Wildman–Crippen MR) is 129 cm³/mol. The minimum absolute atomic E-state index is 0.388. The van der Waals surface area contributed by atoms with E-state index in [0.29, 0.717) is 5.92 Å². The van der Waals surface area contributed by atoms with Gasteiger partial charge in [0.05, 0.1) is 0 Å². The molecule has 0 radical (unpaired) electrons. The lowest BCUT2D eigenvalue weighted by Gasteiger charge is -2.43. The van der Waals surface area contributed by atoms with E-state index in [9.17, 15) is 0 Å². The van der Waals surface area contributed by atoms with Crippen molar-refractivity contribution in [2.24, 2.45) is 5.92 Å². The zero-order valence-corrected chi connectivity index (χ0v) is 19.1. The second-order valence-electron chi connectivity index (χ2n) is 8.81. The zero-order chi connectivity index (χ0) is 21.1. The lowest BCUT2D eigenvalue weighted by atomic mass is 9.68. The van der Waals surface area contributed by atoms with E-state index >= 15 is 0 Å². The number of allylic oxidation sites excluding steroid dienone is 1. The monoisotopic (exact) mass is 404 g/mol. The maximum absolute atomic E-state index is 6.58. The Hall–Kier alpha value is -1.86. The molecular formula is C29H40O. The van der Waals surface area contributed by atoms with Gasteiger partial charge in [-0.1, -0.05) is 118 Å². The molecule has 1 nitrogen and oxygen atoms in total. The van der Waals surface area contributed by atoms with Crippen molar-refractivity contribution in [2.75, 3.05) is 7.11 Å². The van der Waals surface area contributed by atoms with E-state index in [1.165, 1.54) is 81.8 Å². The zero-order valence-electron chi connectivity index (χ0n) is 19.1. The average Bonchev–Trinajstić information content (AvgIpc) is 2.82. The Balaban J connectivity index is 1.97. The minimum atomic E-state index is -0.422. The molecule has 0 N–H and O–H groups in total. The van der Waals surface area contributed by atoms with Crippen LogP contribution in [0.25, 0.3) is 0 Å². The van der Waals surface area contributed by atoms with Gasteiger partial charge in [-0.2, -0.15) is 0 Å². The fraction of sp³-hybridized carbons (Fsp3) is 0.517. The molecule has 162 valence electrons. The van der Waals surface area contributed by atoms with Crippen molar-refractivity contribution >= 4 is 0 Å². The largest absolute Gasteiger partial charge is 0.368 e. The summed E-state index contributed by atoms with van der Waals surface area (Å²) in [5, 5.41) is 0. The Morgan fingerprint density at radius 1 is 0.800 bits per heavy atom. The SMILES string of the molecule is CCCCCCCCC(C1=CCCCC1)C(OC)(c1ccccc1)c1ccccc1. The normalized spacial score (nSPS) is 15.6. The first-order chi connectivity index (χ1) is 14.8. The maximum Gasteiger partial charge on any atom is 0.124 e. The van der Waals surface area contributed by atoms with Crippen molar-refractivity contribution in [3.05, 3.63) is 83.4 Å². The molecule has 1 heteroatoms. The quantitative estimate of drug-likeness (QED) is 0.255. The van der Waals surface area contributed by atoms with E-state index in [2.05, 4.69) is 73.7 Å². The first-order valence-electron chi connectivity index (χ1n) is 12.2. The van der Waals surface area contributed by atoms with Crippen LogP contribution in [0.4, 0.5) is 0 Å². The molecule has 3 rings (SSSR count). The third kappa shape index (κ3) is 5.43. The highest BCUT2D eigenvalue weighted by atomic mass is 16.5. The van der Waals surface area contributed by atoms with Gasteiger partial charge in [-0.15, -0.1) is 0 Å². The molecule has 0 fully saturated rings. The van der Waals surface area contributed by atoms with Crippen molar-refractivity contribution in [3.63, 3.8) is 0 Å². The second kappa shape index (κ2) is 12.1. The molecule has 0 spiro atoms. The maximum atomic E-state index is 6.58. The molecule has 2 aromatic rings. The van der Waals surface area contributed by atoms with Crippen LogP contribution in [0.3, 0.4) is 0 Å². The number of hydrogen-bond donors (Lipinski definition) is 0. The number of unbranched alkanes of at least 4 members (excludes halogenated alkanes) is 5. The molecular weight excluding hydrogens is 364 g/mol. The van der Waals surface area contributed by atoms with Crippen molar-refractivity contribution in [3.8, 4) is 0 Å². The highest BCUT2D eigenvalue weighted by Crippen LogP contribution is 2.47. The molecule has 0 bridgehead atoms. The van der Waals surface area contributed by atoms with Gasteiger partial charge < -0.3 is 4.74 Å². The summed E-state index contributed by atoms with van der Waals surface area (Å²) in [7, 11) is 1.91. The summed E-state index contributed by atoms with van der Waals surface area (Å²) >= 11 is 0. The Morgan fingerprint density at radius 3 is 1.93 bits per heavy atom. The number of rotatable bonds is 12. The van der Waals surface area contributed by atoms with Crippen LogP contribution in [0.15, 0.2) is 72.3 Å². The van der Waals surface area contributed by atoms with Crippen molar-refractivity contribution < 1.29 is 4.74 Å². The third-order valence-electron chi connectivity index (χ3n) is 6.84. The van der Waals surface area contributed by atoms with E-state index in [0.717, 1.165) is 0 Å². The van der Waals surface area contributed by atoms with Gasteiger partial charge >= 0.3 is 0 Å². The van der Waals surface area contributed by atoms with E-state index in [1.54, 1.807) is 5.57 Å². The standard InChI is InChI=1S/C29H40O/c1-3-4-5-6-7-17-24-28(25-18-11-8-12-19-25)29(30-2,26-20-13-9-14-21-26)27-22-15-10-16-23-27/h9-10,13-16,18,20-23,28H,3-8,11-12,17,19,24H2,1-2H3. The number of hydrogen-bond acceptors (Lipinski definition) is 1. The van der Waals surface area contributed by atoms with Crippen LogP contribution in [0.2, 0.25) is 0 Å². The molecule has 0 saturated heterocycles. The number of ether oxygens (including phenoxy) is 1. The molecule has 1 atom stereocenters. The molecule has 0 aromatic heterocycles. The highest BCUT2D eigenvalue weighted by molar-refractivity contribution is 5.40. The Bertz CT molecular complexity index is 707. The summed E-state index contributed by atoms with van der Waals surface area (Å²) in [5.74, 6) is 0.388. The molecule has 0 aliphatic heterocycles. The topological polar surface area (TPSA) is 9.23 Å². The van der Waals surface area contributed by atoms with Gasteiger partial charge in [0.1, 0.15) is 5.60 Å². The van der Waals surface area contributed by atoms with Crippen LogP contribution in [0, 0.1) is 5.92 Å².